The molecule has 0 radical (unpaired) electrons. The van der Waals surface area contributed by atoms with Crippen LogP contribution in [0.3, 0.4) is 0 Å². The van der Waals surface area contributed by atoms with E-state index < -0.39 is 11.8 Å². The van der Waals surface area contributed by atoms with E-state index >= 15 is 0 Å². The standard InChI is InChI=1S/C9H17ClN2O4/c10-2-1-3-11-8(14)9(15)12-4-6-16-7-5-13/h13H,1-7H2,(H,11,14)(H,12,15). The van der Waals surface area contributed by atoms with Crippen molar-refractivity contribution in [3.05, 3.63) is 0 Å². The molecule has 0 unspecified atom stereocenters. The van der Waals surface area contributed by atoms with Crippen LogP contribution in [0.25, 0.3) is 0 Å². The molecule has 7 heteroatoms. The molecule has 94 valence electrons. The van der Waals surface area contributed by atoms with Crippen LogP contribution >= 0.6 is 11.6 Å². The largest absolute Gasteiger partial charge is 0.394 e. The fourth-order valence-corrected chi connectivity index (χ4v) is 0.966. The maximum absolute atomic E-state index is 11.1. The number of hydrogen-bond acceptors (Lipinski definition) is 4. The Balaban J connectivity index is 3.44. The molecule has 0 heterocycles. The van der Waals surface area contributed by atoms with Crippen molar-refractivity contribution in [2.75, 3.05) is 38.8 Å². The van der Waals surface area contributed by atoms with E-state index in [9.17, 15) is 9.59 Å². The van der Waals surface area contributed by atoms with Crippen molar-refractivity contribution < 1.29 is 19.4 Å². The Morgan fingerprint density at radius 1 is 1.12 bits per heavy atom. The number of nitrogens with one attached hydrogen (secondary N) is 2. The fraction of sp³-hybridized carbons (Fsp3) is 0.778. The predicted molar refractivity (Wildman–Crippen MR) is 59.3 cm³/mol. The first-order valence-electron chi connectivity index (χ1n) is 5.03. The zero-order valence-corrected chi connectivity index (χ0v) is 9.76. The zero-order valence-electron chi connectivity index (χ0n) is 9.00. The highest BCUT2D eigenvalue weighted by Gasteiger charge is 2.11. The number of carbonyl (C=O) groups is 2. The van der Waals surface area contributed by atoms with Crippen molar-refractivity contribution in [2.45, 2.75) is 6.42 Å². The Morgan fingerprint density at radius 3 is 2.31 bits per heavy atom. The lowest BCUT2D eigenvalue weighted by Crippen LogP contribution is -2.41. The summed E-state index contributed by atoms with van der Waals surface area (Å²) in [5.74, 6) is -0.925. The molecule has 0 aromatic rings. The van der Waals surface area contributed by atoms with Crippen molar-refractivity contribution in [3.8, 4) is 0 Å². The number of ether oxygens (including phenoxy) is 1. The van der Waals surface area contributed by atoms with Crippen LogP contribution in [0.2, 0.25) is 0 Å². The van der Waals surface area contributed by atoms with Crippen molar-refractivity contribution in [1.82, 2.24) is 10.6 Å². The average Bonchev–Trinajstić information content (AvgIpc) is 2.28. The van der Waals surface area contributed by atoms with Gasteiger partial charge in [-0.2, -0.15) is 0 Å². The summed E-state index contributed by atoms with van der Waals surface area (Å²) in [7, 11) is 0. The van der Waals surface area contributed by atoms with Crippen LogP contribution in [0.1, 0.15) is 6.42 Å². The average molecular weight is 253 g/mol. The number of halogens is 1. The van der Waals surface area contributed by atoms with E-state index in [-0.39, 0.29) is 26.4 Å². The molecule has 6 nitrogen and oxygen atoms in total. The molecule has 0 rings (SSSR count). The second-order valence-corrected chi connectivity index (χ2v) is 3.27. The molecule has 0 saturated heterocycles. The van der Waals surface area contributed by atoms with Crippen LogP contribution in [0.4, 0.5) is 0 Å². The minimum atomic E-state index is -0.692. The second kappa shape index (κ2) is 10.7. The number of rotatable bonds is 8. The number of alkyl halides is 1. The minimum Gasteiger partial charge on any atom is -0.394 e. The van der Waals surface area contributed by atoms with Gasteiger partial charge in [-0.25, -0.2) is 0 Å². The molecular weight excluding hydrogens is 236 g/mol. The van der Waals surface area contributed by atoms with Crippen LogP contribution in [0, 0.1) is 0 Å². The highest BCUT2D eigenvalue weighted by Crippen LogP contribution is 1.81. The third kappa shape index (κ3) is 8.46. The Kier molecular flexibility index (Phi) is 10.1. The van der Waals surface area contributed by atoms with Crippen LogP contribution in [0.15, 0.2) is 0 Å². The SMILES string of the molecule is O=C(NCCCCl)C(=O)NCCOCCO. The third-order valence-electron chi connectivity index (χ3n) is 1.57. The molecule has 0 bridgehead atoms. The van der Waals surface area contributed by atoms with E-state index in [1.54, 1.807) is 0 Å². The third-order valence-corrected chi connectivity index (χ3v) is 1.84. The Morgan fingerprint density at radius 2 is 1.75 bits per heavy atom. The maximum atomic E-state index is 11.1. The van der Waals surface area contributed by atoms with Gasteiger partial charge in [0, 0.05) is 19.0 Å². The molecule has 0 aliphatic rings. The second-order valence-electron chi connectivity index (χ2n) is 2.89. The first-order valence-corrected chi connectivity index (χ1v) is 5.56. The lowest BCUT2D eigenvalue weighted by Gasteiger charge is -2.05. The van der Waals surface area contributed by atoms with Crippen LogP contribution in [-0.2, 0) is 14.3 Å². The molecule has 0 aliphatic heterocycles. The van der Waals surface area contributed by atoms with Crippen LogP contribution in [0.5, 0.6) is 0 Å². The molecule has 3 N–H and O–H groups in total. The molecule has 16 heavy (non-hydrogen) atoms. The number of hydrogen-bond donors (Lipinski definition) is 3. The molecule has 0 saturated carbocycles. The van der Waals surface area contributed by atoms with Crippen molar-refractivity contribution in [2.24, 2.45) is 0 Å². The molecule has 0 spiro atoms. The van der Waals surface area contributed by atoms with Gasteiger partial charge >= 0.3 is 11.8 Å². The number of aliphatic hydroxyl groups is 1. The molecule has 2 amide bonds. The van der Waals surface area contributed by atoms with E-state index in [4.69, 9.17) is 21.4 Å². The number of amides is 2. The highest BCUT2D eigenvalue weighted by atomic mass is 35.5. The molecule has 0 aliphatic carbocycles. The van der Waals surface area contributed by atoms with Gasteiger partial charge < -0.3 is 20.5 Å². The summed E-state index contributed by atoms with van der Waals surface area (Å²) in [4.78, 5) is 22.2. The lowest BCUT2D eigenvalue weighted by atomic mass is 10.4. The maximum Gasteiger partial charge on any atom is 0.309 e. The number of carbonyl (C=O) groups excluding carboxylic acids is 2. The lowest BCUT2D eigenvalue weighted by molar-refractivity contribution is -0.139. The first-order chi connectivity index (χ1) is 7.72. The Hall–Kier alpha value is -0.850. The fourth-order valence-electron chi connectivity index (χ4n) is 0.833. The van der Waals surface area contributed by atoms with Gasteiger partial charge in [0.2, 0.25) is 0 Å². The van der Waals surface area contributed by atoms with E-state index in [0.717, 1.165) is 0 Å². The summed E-state index contributed by atoms with van der Waals surface area (Å²) in [6, 6.07) is 0. The topological polar surface area (TPSA) is 87.7 Å². The minimum absolute atomic E-state index is 0.0626. The van der Waals surface area contributed by atoms with Gasteiger partial charge in [0.1, 0.15) is 0 Å². The summed E-state index contributed by atoms with van der Waals surface area (Å²) in [6.07, 6.45) is 0.625. The van der Waals surface area contributed by atoms with Gasteiger partial charge in [-0.3, -0.25) is 9.59 Å². The quantitative estimate of drug-likeness (QED) is 0.289. The predicted octanol–water partition coefficient (Wildman–Crippen LogP) is -1.14. The normalized spacial score (nSPS) is 9.88. The van der Waals surface area contributed by atoms with Gasteiger partial charge in [0.15, 0.2) is 0 Å². The van der Waals surface area contributed by atoms with Gasteiger partial charge in [0.25, 0.3) is 0 Å². The van der Waals surface area contributed by atoms with Crippen LogP contribution in [-0.4, -0.2) is 55.7 Å². The Labute approximate surface area is 99.3 Å². The summed E-state index contributed by atoms with van der Waals surface area (Å²) in [5.41, 5.74) is 0. The summed E-state index contributed by atoms with van der Waals surface area (Å²) in [5, 5.41) is 13.2. The van der Waals surface area contributed by atoms with Crippen molar-refractivity contribution >= 4 is 23.4 Å². The first kappa shape index (κ1) is 15.2. The van der Waals surface area contributed by atoms with E-state index in [2.05, 4.69) is 10.6 Å². The summed E-state index contributed by atoms with van der Waals surface area (Å²) in [6.45, 7) is 1.05. The summed E-state index contributed by atoms with van der Waals surface area (Å²) < 4.78 is 4.90. The molecule has 0 atom stereocenters. The van der Waals surface area contributed by atoms with E-state index in [1.165, 1.54) is 0 Å². The van der Waals surface area contributed by atoms with Gasteiger partial charge in [-0.1, -0.05) is 0 Å². The molecule has 0 aromatic carbocycles. The molecule has 0 aromatic heterocycles. The monoisotopic (exact) mass is 252 g/mol. The van der Waals surface area contributed by atoms with Gasteiger partial charge in [-0.05, 0) is 6.42 Å². The van der Waals surface area contributed by atoms with Crippen molar-refractivity contribution in [3.63, 3.8) is 0 Å². The molecule has 0 fully saturated rings. The zero-order chi connectivity index (χ0) is 12.2. The van der Waals surface area contributed by atoms with Crippen LogP contribution < -0.4 is 10.6 Å². The molecular formula is C9H17ClN2O4. The van der Waals surface area contributed by atoms with Gasteiger partial charge in [0.05, 0.1) is 19.8 Å². The van der Waals surface area contributed by atoms with E-state index in [0.29, 0.717) is 18.8 Å². The smallest absolute Gasteiger partial charge is 0.309 e. The van der Waals surface area contributed by atoms with Crippen molar-refractivity contribution in [1.29, 1.82) is 0 Å². The summed E-state index contributed by atoms with van der Waals surface area (Å²) >= 11 is 5.41. The highest BCUT2D eigenvalue weighted by molar-refractivity contribution is 6.35. The number of aliphatic hydroxyl groups excluding tert-OH is 1. The van der Waals surface area contributed by atoms with Gasteiger partial charge in [-0.15, -0.1) is 11.6 Å². The Bertz CT molecular complexity index is 214. The van der Waals surface area contributed by atoms with E-state index in [1.807, 2.05) is 0 Å².